The first-order chi connectivity index (χ1) is 15.1. The van der Waals surface area contributed by atoms with E-state index >= 15 is 0 Å². The van der Waals surface area contributed by atoms with Crippen molar-refractivity contribution in [3.05, 3.63) is 118 Å². The van der Waals surface area contributed by atoms with Gasteiger partial charge in [-0.2, -0.15) is 0 Å². The maximum absolute atomic E-state index is 5.01. The molecule has 0 N–H and O–H groups in total. The molecule has 2 nitrogen and oxygen atoms in total. The maximum Gasteiger partial charge on any atom is 0.0545 e. The van der Waals surface area contributed by atoms with Gasteiger partial charge in [0.1, 0.15) is 0 Å². The Kier molecular flexibility index (Phi) is 4.86. The number of aromatic nitrogens is 2. The number of benzene rings is 1. The number of allylic oxidation sites excluding steroid dienone is 5. The molecular weight excluding hydrogens is 376 g/mol. The molecule has 0 bridgehead atoms. The van der Waals surface area contributed by atoms with Gasteiger partial charge in [-0.1, -0.05) is 54.6 Å². The van der Waals surface area contributed by atoms with Crippen LogP contribution >= 0.6 is 0 Å². The standard InChI is InChI=1S/C29H24N2/c1-19-17-26(22-11-9-6-10-12-22)24-15-16-25-28(18-27(24)30-19)31-21(3)20(2)29(25)23-13-7-4-5-8-14-23/h4,6-17H,18H2,1-3H3. The first kappa shape index (κ1) is 19.2. The summed E-state index contributed by atoms with van der Waals surface area (Å²) in [7, 11) is 0. The molecule has 150 valence electrons. The van der Waals surface area contributed by atoms with Gasteiger partial charge in [-0.25, -0.2) is 0 Å². The second kappa shape index (κ2) is 7.83. The highest BCUT2D eigenvalue weighted by atomic mass is 14.8. The Morgan fingerprint density at radius 1 is 0.839 bits per heavy atom. The summed E-state index contributed by atoms with van der Waals surface area (Å²) in [4.78, 5) is 9.93. The number of rotatable bonds is 2. The Morgan fingerprint density at radius 3 is 2.45 bits per heavy atom. The first-order valence-corrected chi connectivity index (χ1v) is 10.7. The minimum Gasteiger partial charge on any atom is -0.257 e. The Bertz CT molecular complexity index is 1350. The summed E-state index contributed by atoms with van der Waals surface area (Å²) < 4.78 is 0. The van der Waals surface area contributed by atoms with Crippen molar-refractivity contribution in [3.8, 4) is 11.1 Å². The van der Waals surface area contributed by atoms with E-state index in [4.69, 9.17) is 9.97 Å². The van der Waals surface area contributed by atoms with E-state index in [1.807, 2.05) is 18.2 Å². The molecule has 2 heterocycles. The highest BCUT2D eigenvalue weighted by Gasteiger charge is 2.21. The van der Waals surface area contributed by atoms with Crippen molar-refractivity contribution in [1.29, 1.82) is 0 Å². The molecule has 0 aliphatic heterocycles. The van der Waals surface area contributed by atoms with E-state index in [0.29, 0.717) is 0 Å². The van der Waals surface area contributed by atoms with Crippen molar-refractivity contribution in [3.63, 3.8) is 0 Å². The van der Waals surface area contributed by atoms with Crippen molar-refractivity contribution in [2.24, 2.45) is 0 Å². The second-order valence-corrected chi connectivity index (χ2v) is 8.09. The van der Waals surface area contributed by atoms with E-state index in [1.54, 1.807) is 0 Å². The fourth-order valence-corrected chi connectivity index (χ4v) is 4.43. The molecule has 0 saturated carbocycles. The molecule has 0 amide bonds. The predicted molar refractivity (Wildman–Crippen MR) is 130 cm³/mol. The van der Waals surface area contributed by atoms with Crippen LogP contribution in [0.4, 0.5) is 0 Å². The Labute approximate surface area is 183 Å². The van der Waals surface area contributed by atoms with E-state index in [9.17, 15) is 0 Å². The predicted octanol–water partition coefficient (Wildman–Crippen LogP) is 6.81. The molecule has 0 unspecified atom stereocenters. The van der Waals surface area contributed by atoms with Crippen LogP contribution in [0.3, 0.4) is 0 Å². The quantitative estimate of drug-likeness (QED) is 0.346. The SMILES string of the molecule is Cc1cc(-c2ccccc2)c2c(n1)Cc1nc(C)c(C)c(C3=CC=C=CC=C3)c1C=C2. The molecule has 0 radical (unpaired) electrons. The summed E-state index contributed by atoms with van der Waals surface area (Å²) in [5.74, 6) is 0. The maximum atomic E-state index is 5.01. The third kappa shape index (κ3) is 3.52. The number of nitrogens with zero attached hydrogens (tertiary/aromatic N) is 2. The lowest BCUT2D eigenvalue weighted by Gasteiger charge is -2.17. The largest absolute Gasteiger partial charge is 0.257 e. The molecule has 2 aliphatic carbocycles. The summed E-state index contributed by atoms with van der Waals surface area (Å²) in [6.07, 6.45) is 15.4. The zero-order chi connectivity index (χ0) is 21.4. The van der Waals surface area contributed by atoms with Gasteiger partial charge in [-0.3, -0.25) is 9.97 Å². The van der Waals surface area contributed by atoms with E-state index in [1.165, 1.54) is 39.0 Å². The molecule has 0 fully saturated rings. The fourth-order valence-electron chi connectivity index (χ4n) is 4.43. The van der Waals surface area contributed by atoms with Gasteiger partial charge < -0.3 is 0 Å². The van der Waals surface area contributed by atoms with Crippen LogP contribution < -0.4 is 0 Å². The third-order valence-electron chi connectivity index (χ3n) is 6.02. The van der Waals surface area contributed by atoms with Gasteiger partial charge in [0, 0.05) is 28.9 Å². The molecule has 0 saturated heterocycles. The molecule has 2 heteroatoms. The Balaban J connectivity index is 1.74. The number of pyridine rings is 2. The van der Waals surface area contributed by atoms with Gasteiger partial charge in [-0.15, -0.1) is 5.73 Å². The number of hydrogen-bond acceptors (Lipinski definition) is 2. The molecule has 5 rings (SSSR count). The summed E-state index contributed by atoms with van der Waals surface area (Å²) >= 11 is 0. The summed E-state index contributed by atoms with van der Waals surface area (Å²) in [5.41, 5.74) is 15.9. The smallest absolute Gasteiger partial charge is 0.0545 e. The van der Waals surface area contributed by atoms with Crippen LogP contribution in [0.2, 0.25) is 0 Å². The van der Waals surface area contributed by atoms with E-state index < -0.39 is 0 Å². The number of aryl methyl sites for hydroxylation is 2. The van der Waals surface area contributed by atoms with Gasteiger partial charge in [0.2, 0.25) is 0 Å². The topological polar surface area (TPSA) is 25.8 Å². The van der Waals surface area contributed by atoms with Crippen molar-refractivity contribution in [2.75, 3.05) is 0 Å². The third-order valence-corrected chi connectivity index (χ3v) is 6.02. The second-order valence-electron chi connectivity index (χ2n) is 8.09. The average molecular weight is 401 g/mol. The summed E-state index contributed by atoms with van der Waals surface area (Å²) in [6, 6.07) is 12.8. The Hall–Kier alpha value is -3.74. The average Bonchev–Trinajstić information content (AvgIpc) is 3.14. The summed E-state index contributed by atoms with van der Waals surface area (Å²) in [6.45, 7) is 6.34. The lowest BCUT2D eigenvalue weighted by atomic mass is 9.91. The fraction of sp³-hybridized carbons (Fsp3) is 0.138. The van der Waals surface area contributed by atoms with Gasteiger partial charge >= 0.3 is 0 Å². The van der Waals surface area contributed by atoms with Crippen molar-refractivity contribution >= 4 is 17.7 Å². The van der Waals surface area contributed by atoms with Crippen LogP contribution in [0.5, 0.6) is 0 Å². The van der Waals surface area contributed by atoms with Crippen LogP contribution in [0, 0.1) is 20.8 Å². The highest BCUT2D eigenvalue weighted by Crippen LogP contribution is 2.36. The van der Waals surface area contributed by atoms with E-state index in [-0.39, 0.29) is 0 Å². The number of fused-ring (bicyclic) bond motifs is 2. The molecule has 1 aromatic carbocycles. The van der Waals surface area contributed by atoms with Crippen molar-refractivity contribution in [1.82, 2.24) is 9.97 Å². The van der Waals surface area contributed by atoms with Gasteiger partial charge in [-0.05, 0) is 72.9 Å². The molecule has 2 aromatic heterocycles. The normalized spacial score (nSPS) is 14.0. The molecule has 3 aromatic rings. The number of hydrogen-bond donors (Lipinski definition) is 0. The van der Waals surface area contributed by atoms with Crippen LogP contribution in [0.1, 0.15) is 45.0 Å². The molecule has 2 aliphatic rings. The first-order valence-electron chi connectivity index (χ1n) is 10.7. The minimum absolute atomic E-state index is 0.721. The van der Waals surface area contributed by atoms with Gasteiger partial charge in [0.05, 0.1) is 11.4 Å². The van der Waals surface area contributed by atoms with Crippen LogP contribution in [-0.4, -0.2) is 9.97 Å². The minimum atomic E-state index is 0.721. The molecular formula is C29H24N2. The van der Waals surface area contributed by atoms with Crippen LogP contribution in [0.15, 0.2) is 72.5 Å². The van der Waals surface area contributed by atoms with E-state index in [2.05, 4.69) is 87.2 Å². The molecule has 0 spiro atoms. The van der Waals surface area contributed by atoms with E-state index in [0.717, 1.165) is 29.2 Å². The zero-order valence-electron chi connectivity index (χ0n) is 18.1. The zero-order valence-corrected chi connectivity index (χ0v) is 18.1. The summed E-state index contributed by atoms with van der Waals surface area (Å²) in [5, 5.41) is 0. The van der Waals surface area contributed by atoms with Crippen molar-refractivity contribution in [2.45, 2.75) is 27.2 Å². The van der Waals surface area contributed by atoms with Gasteiger partial charge in [0.15, 0.2) is 0 Å². The lowest BCUT2D eigenvalue weighted by Crippen LogP contribution is -2.06. The van der Waals surface area contributed by atoms with Crippen molar-refractivity contribution < 1.29 is 0 Å². The lowest BCUT2D eigenvalue weighted by molar-refractivity contribution is 0.962. The molecule has 31 heavy (non-hydrogen) atoms. The van der Waals surface area contributed by atoms with Gasteiger partial charge in [0.25, 0.3) is 0 Å². The highest BCUT2D eigenvalue weighted by molar-refractivity contribution is 5.90. The molecule has 0 atom stereocenters. The van der Waals surface area contributed by atoms with Crippen LogP contribution in [0.25, 0.3) is 28.9 Å². The monoisotopic (exact) mass is 400 g/mol. The van der Waals surface area contributed by atoms with Crippen LogP contribution in [-0.2, 0) is 6.42 Å². The Morgan fingerprint density at radius 2 is 1.61 bits per heavy atom.